The molecule has 3 aromatic rings. The smallest absolute Gasteiger partial charge is 0.349 e. The predicted molar refractivity (Wildman–Crippen MR) is 108 cm³/mol. The van der Waals surface area contributed by atoms with Gasteiger partial charge in [0, 0.05) is 36.1 Å². The number of piperidine rings is 1. The fourth-order valence-corrected chi connectivity index (χ4v) is 4.97. The molecule has 2 aliphatic rings. The van der Waals surface area contributed by atoms with Crippen LogP contribution in [0.15, 0.2) is 45.7 Å². The number of nitrogens with one attached hydrogen (secondary N) is 1. The summed E-state index contributed by atoms with van der Waals surface area (Å²) in [6.45, 7) is 2.62. The number of nitrogens with zero attached hydrogens (tertiary/aromatic N) is 1. The fraction of sp³-hybridized carbons (Fsp3) is 0.391. The van der Waals surface area contributed by atoms with Crippen LogP contribution in [0.4, 0.5) is 0 Å². The first-order chi connectivity index (χ1) is 13.6. The number of carbonyl (C=O) groups is 1. The summed E-state index contributed by atoms with van der Waals surface area (Å²) >= 11 is 0. The van der Waals surface area contributed by atoms with Gasteiger partial charge >= 0.3 is 5.63 Å². The number of benzene rings is 1. The number of H-pyrrole nitrogens is 1. The average molecular weight is 376 g/mol. The van der Waals surface area contributed by atoms with E-state index in [1.807, 2.05) is 36.2 Å². The predicted octanol–water partition coefficient (Wildman–Crippen LogP) is 3.84. The minimum atomic E-state index is -0.498. The number of hydrogen-bond donors (Lipinski definition) is 1. The monoisotopic (exact) mass is 376 g/mol. The van der Waals surface area contributed by atoms with Gasteiger partial charge in [0.1, 0.15) is 11.3 Å². The Balaban J connectivity index is 1.36. The zero-order valence-corrected chi connectivity index (χ0v) is 16.0. The molecule has 2 bridgehead atoms. The van der Waals surface area contributed by atoms with Crippen LogP contribution in [0.25, 0.3) is 10.9 Å². The maximum Gasteiger partial charge on any atom is 0.349 e. The number of carbonyl (C=O) groups excluding carboxylic acids is 1. The van der Waals surface area contributed by atoms with Crippen molar-refractivity contribution in [3.05, 3.63) is 69.4 Å². The van der Waals surface area contributed by atoms with Gasteiger partial charge in [0.2, 0.25) is 0 Å². The Morgan fingerprint density at radius 1 is 1.25 bits per heavy atom. The quantitative estimate of drug-likeness (QED) is 0.752. The third kappa shape index (κ3) is 2.86. The summed E-state index contributed by atoms with van der Waals surface area (Å²) in [5, 5.41) is 1.19. The Morgan fingerprint density at radius 2 is 2.11 bits per heavy atom. The second kappa shape index (κ2) is 6.66. The summed E-state index contributed by atoms with van der Waals surface area (Å²) in [5.74, 6) is 1.09. The van der Waals surface area contributed by atoms with Gasteiger partial charge in [-0.2, -0.15) is 0 Å². The van der Waals surface area contributed by atoms with Crippen LogP contribution in [0, 0.1) is 12.8 Å². The molecule has 1 aliphatic carbocycles. The SMILES string of the molecule is Cc1cc(CCc2c[nH]c3ccccc23)oc(=O)c1C(=O)N1C[C@H]2CC[C@H]1C2. The van der Waals surface area contributed by atoms with E-state index in [0.717, 1.165) is 36.9 Å². The van der Waals surface area contributed by atoms with E-state index in [2.05, 4.69) is 17.1 Å². The summed E-state index contributed by atoms with van der Waals surface area (Å²) < 4.78 is 5.55. The lowest BCUT2D eigenvalue weighted by Gasteiger charge is -2.27. The molecule has 0 unspecified atom stereocenters. The second-order valence-electron chi connectivity index (χ2n) is 8.21. The molecule has 144 valence electrons. The van der Waals surface area contributed by atoms with E-state index >= 15 is 0 Å². The molecule has 2 aromatic heterocycles. The van der Waals surface area contributed by atoms with Gasteiger partial charge in [-0.1, -0.05) is 18.2 Å². The van der Waals surface area contributed by atoms with E-state index < -0.39 is 5.63 Å². The largest absolute Gasteiger partial charge is 0.427 e. The highest BCUT2D eigenvalue weighted by molar-refractivity contribution is 5.95. The van der Waals surface area contributed by atoms with E-state index in [1.165, 1.54) is 17.4 Å². The number of aromatic amines is 1. The third-order valence-corrected chi connectivity index (χ3v) is 6.40. The van der Waals surface area contributed by atoms with Crippen molar-refractivity contribution in [2.45, 2.75) is 45.1 Å². The van der Waals surface area contributed by atoms with Crippen LogP contribution in [0.2, 0.25) is 0 Å². The molecule has 0 spiro atoms. The number of hydrogen-bond acceptors (Lipinski definition) is 3. The standard InChI is InChI=1S/C23H24N2O3/c1-14-10-18(9-7-16-12-24-20-5-3-2-4-19(16)20)28-23(27)21(14)22(26)25-13-15-6-8-17(25)11-15/h2-5,10,12,15,17,24H,6-9,11,13H2,1H3/t15-,17-/m0/s1. The first kappa shape index (κ1) is 17.3. The Bertz CT molecular complexity index is 1110. The van der Waals surface area contributed by atoms with Crippen LogP contribution in [-0.2, 0) is 12.8 Å². The van der Waals surface area contributed by atoms with Crippen LogP contribution >= 0.6 is 0 Å². The Hall–Kier alpha value is -2.82. The normalized spacial score (nSPS) is 21.0. The van der Waals surface area contributed by atoms with Crippen molar-refractivity contribution in [3.8, 4) is 0 Å². The molecule has 1 aromatic carbocycles. The van der Waals surface area contributed by atoms with Crippen molar-refractivity contribution in [1.82, 2.24) is 9.88 Å². The summed E-state index contributed by atoms with van der Waals surface area (Å²) in [6.07, 6.45) is 6.75. The van der Waals surface area contributed by atoms with E-state index in [1.54, 1.807) is 0 Å². The molecule has 1 saturated heterocycles. The molecular formula is C23H24N2O3. The minimum Gasteiger partial charge on any atom is -0.427 e. The maximum atomic E-state index is 12.9. The lowest BCUT2D eigenvalue weighted by molar-refractivity contribution is 0.0697. The lowest BCUT2D eigenvalue weighted by atomic mass is 10.0. The first-order valence-corrected chi connectivity index (χ1v) is 10.1. The second-order valence-corrected chi connectivity index (χ2v) is 8.21. The molecule has 5 nitrogen and oxygen atoms in total. The highest BCUT2D eigenvalue weighted by Crippen LogP contribution is 2.38. The van der Waals surface area contributed by atoms with Gasteiger partial charge in [-0.3, -0.25) is 4.79 Å². The van der Waals surface area contributed by atoms with E-state index in [4.69, 9.17) is 4.42 Å². The summed E-state index contributed by atoms with van der Waals surface area (Å²) in [5.41, 5.74) is 2.74. The lowest BCUT2D eigenvalue weighted by Crippen LogP contribution is -2.40. The molecule has 3 heterocycles. The molecule has 2 atom stereocenters. The maximum absolute atomic E-state index is 12.9. The number of aryl methyl sites for hydroxylation is 3. The number of amides is 1. The molecule has 1 N–H and O–H groups in total. The van der Waals surface area contributed by atoms with Crippen molar-refractivity contribution >= 4 is 16.8 Å². The van der Waals surface area contributed by atoms with E-state index in [-0.39, 0.29) is 11.5 Å². The number of aromatic nitrogens is 1. The van der Waals surface area contributed by atoms with Gasteiger partial charge in [0.05, 0.1) is 0 Å². The molecule has 1 aliphatic heterocycles. The first-order valence-electron chi connectivity index (χ1n) is 10.1. The molecule has 28 heavy (non-hydrogen) atoms. The molecule has 5 heteroatoms. The van der Waals surface area contributed by atoms with E-state index in [9.17, 15) is 9.59 Å². The third-order valence-electron chi connectivity index (χ3n) is 6.40. The van der Waals surface area contributed by atoms with Gasteiger partial charge in [-0.05, 0) is 61.8 Å². The molecule has 2 fully saturated rings. The zero-order chi connectivity index (χ0) is 19.3. The van der Waals surface area contributed by atoms with Crippen molar-refractivity contribution in [2.24, 2.45) is 5.92 Å². The van der Waals surface area contributed by atoms with Crippen LogP contribution in [0.5, 0.6) is 0 Å². The van der Waals surface area contributed by atoms with Crippen LogP contribution in [0.1, 0.15) is 46.5 Å². The number of likely N-dealkylation sites (tertiary alicyclic amines) is 1. The molecule has 0 radical (unpaired) electrons. The fourth-order valence-electron chi connectivity index (χ4n) is 4.97. The van der Waals surface area contributed by atoms with Crippen LogP contribution in [-0.4, -0.2) is 28.4 Å². The number of para-hydroxylation sites is 1. The Kier molecular flexibility index (Phi) is 4.11. The van der Waals surface area contributed by atoms with Gasteiger partial charge in [-0.15, -0.1) is 0 Å². The topological polar surface area (TPSA) is 66.3 Å². The Labute approximate surface area is 163 Å². The van der Waals surface area contributed by atoms with Gasteiger partial charge in [0.15, 0.2) is 0 Å². The van der Waals surface area contributed by atoms with Gasteiger partial charge in [-0.25, -0.2) is 4.79 Å². The van der Waals surface area contributed by atoms with Crippen molar-refractivity contribution < 1.29 is 9.21 Å². The highest BCUT2D eigenvalue weighted by Gasteiger charge is 2.41. The molecule has 5 rings (SSSR count). The zero-order valence-electron chi connectivity index (χ0n) is 16.0. The van der Waals surface area contributed by atoms with E-state index in [0.29, 0.717) is 24.1 Å². The summed E-state index contributed by atoms with van der Waals surface area (Å²) in [7, 11) is 0. The summed E-state index contributed by atoms with van der Waals surface area (Å²) in [4.78, 5) is 30.7. The van der Waals surface area contributed by atoms with Crippen molar-refractivity contribution in [3.63, 3.8) is 0 Å². The molecule has 1 amide bonds. The number of rotatable bonds is 4. The van der Waals surface area contributed by atoms with Gasteiger partial charge < -0.3 is 14.3 Å². The highest BCUT2D eigenvalue weighted by atomic mass is 16.4. The van der Waals surface area contributed by atoms with Crippen molar-refractivity contribution in [2.75, 3.05) is 6.54 Å². The van der Waals surface area contributed by atoms with Crippen LogP contribution in [0.3, 0.4) is 0 Å². The van der Waals surface area contributed by atoms with Crippen LogP contribution < -0.4 is 5.63 Å². The number of fused-ring (bicyclic) bond motifs is 3. The van der Waals surface area contributed by atoms with Gasteiger partial charge in [0.25, 0.3) is 5.91 Å². The summed E-state index contributed by atoms with van der Waals surface area (Å²) in [6, 6.07) is 10.3. The minimum absolute atomic E-state index is 0.151. The molecular weight excluding hydrogens is 352 g/mol. The Morgan fingerprint density at radius 3 is 2.86 bits per heavy atom. The van der Waals surface area contributed by atoms with Crippen molar-refractivity contribution in [1.29, 1.82) is 0 Å². The average Bonchev–Trinajstić information content (AvgIpc) is 3.41. The molecule has 1 saturated carbocycles.